The molecule has 112 valence electrons. The van der Waals surface area contributed by atoms with E-state index in [4.69, 9.17) is 5.73 Å². The van der Waals surface area contributed by atoms with Crippen molar-refractivity contribution in [2.75, 3.05) is 11.9 Å². The molecule has 1 fully saturated rings. The van der Waals surface area contributed by atoms with E-state index >= 15 is 0 Å². The third-order valence-corrected chi connectivity index (χ3v) is 4.38. The fourth-order valence-corrected chi connectivity index (χ4v) is 2.91. The van der Waals surface area contributed by atoms with Crippen molar-refractivity contribution in [3.8, 4) is 0 Å². The second kappa shape index (κ2) is 5.94. The van der Waals surface area contributed by atoms with Crippen molar-refractivity contribution in [3.63, 3.8) is 0 Å². The standard InChI is InChI=1S/C11H15F3N4OS/c12-11(13,14)9-17-18-10(20-9)16-5-6-1-3-7(4-2-6)8(15)19/h6-7H,1-5H2,(H2,15,19)(H,16,18). The highest BCUT2D eigenvalue weighted by Gasteiger charge is 2.35. The lowest BCUT2D eigenvalue weighted by molar-refractivity contribution is -0.138. The first-order valence-electron chi connectivity index (χ1n) is 6.30. The van der Waals surface area contributed by atoms with Gasteiger partial charge in [0, 0.05) is 12.5 Å². The monoisotopic (exact) mass is 308 g/mol. The first kappa shape index (κ1) is 15.0. The normalized spacial score (nSPS) is 23.6. The molecule has 20 heavy (non-hydrogen) atoms. The van der Waals surface area contributed by atoms with Crippen molar-refractivity contribution in [1.29, 1.82) is 0 Å². The Morgan fingerprint density at radius 1 is 1.30 bits per heavy atom. The van der Waals surface area contributed by atoms with E-state index in [0.717, 1.165) is 25.7 Å². The van der Waals surface area contributed by atoms with Gasteiger partial charge in [0.25, 0.3) is 0 Å². The molecule has 0 aromatic carbocycles. The van der Waals surface area contributed by atoms with Crippen LogP contribution in [0.4, 0.5) is 18.3 Å². The molecule has 1 aromatic heterocycles. The zero-order valence-electron chi connectivity index (χ0n) is 10.6. The molecule has 0 bridgehead atoms. The van der Waals surface area contributed by atoms with Crippen LogP contribution in [0.5, 0.6) is 0 Å². The van der Waals surface area contributed by atoms with E-state index in [9.17, 15) is 18.0 Å². The van der Waals surface area contributed by atoms with E-state index in [1.54, 1.807) is 0 Å². The van der Waals surface area contributed by atoms with E-state index in [1.165, 1.54) is 0 Å². The van der Waals surface area contributed by atoms with Crippen LogP contribution >= 0.6 is 11.3 Å². The first-order valence-corrected chi connectivity index (χ1v) is 7.12. The Hall–Kier alpha value is -1.38. The minimum atomic E-state index is -4.45. The summed E-state index contributed by atoms with van der Waals surface area (Å²) >= 11 is 0.501. The average Bonchev–Trinajstić information content (AvgIpc) is 2.85. The summed E-state index contributed by atoms with van der Waals surface area (Å²) in [5, 5.41) is 8.69. The van der Waals surface area contributed by atoms with E-state index in [1.807, 2.05) is 0 Å². The SMILES string of the molecule is NC(=O)C1CCC(CNc2nnc(C(F)(F)F)s2)CC1. The summed E-state index contributed by atoms with van der Waals surface area (Å²) in [5.41, 5.74) is 5.24. The van der Waals surface area contributed by atoms with Gasteiger partial charge in [0.15, 0.2) is 0 Å². The molecule has 0 saturated heterocycles. The van der Waals surface area contributed by atoms with Gasteiger partial charge in [0.2, 0.25) is 16.0 Å². The predicted octanol–water partition coefficient (Wildman–Crippen LogP) is 2.26. The molecule has 1 aliphatic rings. The number of carbonyl (C=O) groups is 1. The summed E-state index contributed by atoms with van der Waals surface area (Å²) in [5.74, 6) is -0.0104. The van der Waals surface area contributed by atoms with E-state index in [2.05, 4.69) is 15.5 Å². The molecule has 9 heteroatoms. The summed E-state index contributed by atoms with van der Waals surface area (Å²) in [6, 6.07) is 0. The molecule has 1 aliphatic carbocycles. The van der Waals surface area contributed by atoms with Gasteiger partial charge in [0.1, 0.15) is 0 Å². The lowest BCUT2D eigenvalue weighted by atomic mass is 9.82. The number of amides is 1. The number of nitrogens with zero attached hydrogens (tertiary/aromatic N) is 2. The average molecular weight is 308 g/mol. The van der Waals surface area contributed by atoms with Crippen molar-refractivity contribution >= 4 is 22.4 Å². The molecular formula is C11H15F3N4OS. The zero-order valence-corrected chi connectivity index (χ0v) is 11.4. The van der Waals surface area contributed by atoms with Crippen molar-refractivity contribution in [2.45, 2.75) is 31.9 Å². The van der Waals surface area contributed by atoms with Crippen LogP contribution in [0.25, 0.3) is 0 Å². The van der Waals surface area contributed by atoms with E-state index in [0.29, 0.717) is 23.8 Å². The van der Waals surface area contributed by atoms with Crippen LogP contribution in [0, 0.1) is 11.8 Å². The molecule has 0 unspecified atom stereocenters. The minimum Gasteiger partial charge on any atom is -0.369 e. The summed E-state index contributed by atoms with van der Waals surface area (Å²) in [4.78, 5) is 11.0. The quantitative estimate of drug-likeness (QED) is 0.894. The van der Waals surface area contributed by atoms with Gasteiger partial charge in [-0.25, -0.2) is 0 Å². The number of nitrogens with one attached hydrogen (secondary N) is 1. The molecule has 1 saturated carbocycles. The summed E-state index contributed by atoms with van der Waals surface area (Å²) in [7, 11) is 0. The molecular weight excluding hydrogens is 293 g/mol. The molecule has 3 N–H and O–H groups in total. The molecule has 1 amide bonds. The number of alkyl halides is 3. The second-order valence-electron chi connectivity index (χ2n) is 4.91. The van der Waals surface area contributed by atoms with Crippen molar-refractivity contribution in [3.05, 3.63) is 5.01 Å². The number of anilines is 1. The van der Waals surface area contributed by atoms with E-state index in [-0.39, 0.29) is 17.0 Å². The summed E-state index contributed by atoms with van der Waals surface area (Å²) in [6.07, 6.45) is -1.29. The highest BCUT2D eigenvalue weighted by atomic mass is 32.1. The van der Waals surface area contributed by atoms with Crippen molar-refractivity contribution in [1.82, 2.24) is 10.2 Å². The fraction of sp³-hybridized carbons (Fsp3) is 0.727. The van der Waals surface area contributed by atoms with Crippen LogP contribution < -0.4 is 11.1 Å². The number of carbonyl (C=O) groups excluding carboxylic acids is 1. The molecule has 0 radical (unpaired) electrons. The highest BCUT2D eigenvalue weighted by Crippen LogP contribution is 2.33. The molecule has 2 rings (SSSR count). The lowest BCUT2D eigenvalue weighted by Crippen LogP contribution is -2.29. The molecule has 1 aromatic rings. The molecule has 1 heterocycles. The van der Waals surface area contributed by atoms with Gasteiger partial charge in [-0.3, -0.25) is 4.79 Å². The Balaban J connectivity index is 1.79. The third-order valence-electron chi connectivity index (χ3n) is 3.46. The Labute approximate surface area is 117 Å². The largest absolute Gasteiger partial charge is 0.445 e. The number of rotatable bonds is 4. The van der Waals surface area contributed by atoms with E-state index < -0.39 is 11.2 Å². The van der Waals surface area contributed by atoms with Gasteiger partial charge in [0.05, 0.1) is 0 Å². The minimum absolute atomic E-state index is 0.0652. The first-order chi connectivity index (χ1) is 9.36. The Morgan fingerprint density at radius 3 is 2.45 bits per heavy atom. The maximum atomic E-state index is 12.4. The number of primary amides is 1. The van der Waals surface area contributed by atoms with Gasteiger partial charge >= 0.3 is 6.18 Å². The lowest BCUT2D eigenvalue weighted by Gasteiger charge is -2.26. The zero-order chi connectivity index (χ0) is 14.8. The molecule has 5 nitrogen and oxygen atoms in total. The smallest absolute Gasteiger partial charge is 0.369 e. The van der Waals surface area contributed by atoms with Gasteiger partial charge in [-0.2, -0.15) is 13.2 Å². The van der Waals surface area contributed by atoms with Crippen LogP contribution in [-0.2, 0) is 11.0 Å². The molecule has 0 atom stereocenters. The van der Waals surface area contributed by atoms with Gasteiger partial charge in [-0.05, 0) is 31.6 Å². The van der Waals surface area contributed by atoms with Crippen LogP contribution in [0.2, 0.25) is 0 Å². The van der Waals surface area contributed by atoms with Crippen molar-refractivity contribution < 1.29 is 18.0 Å². The Kier molecular flexibility index (Phi) is 4.46. The van der Waals surface area contributed by atoms with Gasteiger partial charge in [-0.15, -0.1) is 10.2 Å². The third kappa shape index (κ3) is 3.81. The maximum absolute atomic E-state index is 12.4. The highest BCUT2D eigenvalue weighted by molar-refractivity contribution is 7.15. The molecule has 0 spiro atoms. The van der Waals surface area contributed by atoms with Crippen LogP contribution in [0.1, 0.15) is 30.7 Å². The van der Waals surface area contributed by atoms with Crippen LogP contribution in [-0.4, -0.2) is 22.6 Å². The maximum Gasteiger partial charge on any atom is 0.445 e. The van der Waals surface area contributed by atoms with Gasteiger partial charge in [-0.1, -0.05) is 11.3 Å². The predicted molar refractivity (Wildman–Crippen MR) is 68.0 cm³/mol. The fourth-order valence-electron chi connectivity index (χ4n) is 2.29. The number of hydrogen-bond acceptors (Lipinski definition) is 5. The van der Waals surface area contributed by atoms with Crippen molar-refractivity contribution in [2.24, 2.45) is 17.6 Å². The van der Waals surface area contributed by atoms with Crippen LogP contribution in [0.15, 0.2) is 0 Å². The number of aromatic nitrogens is 2. The number of hydrogen-bond donors (Lipinski definition) is 2. The number of nitrogens with two attached hydrogens (primary N) is 1. The number of halogens is 3. The van der Waals surface area contributed by atoms with Crippen LogP contribution in [0.3, 0.4) is 0 Å². The molecule has 0 aliphatic heterocycles. The Morgan fingerprint density at radius 2 is 1.95 bits per heavy atom. The topological polar surface area (TPSA) is 80.9 Å². The summed E-state index contributed by atoms with van der Waals surface area (Å²) < 4.78 is 37.1. The second-order valence-corrected chi connectivity index (χ2v) is 5.89. The summed E-state index contributed by atoms with van der Waals surface area (Å²) in [6.45, 7) is 0.540. The Bertz CT molecular complexity index is 468. The van der Waals surface area contributed by atoms with Gasteiger partial charge < -0.3 is 11.1 Å².